The van der Waals surface area contributed by atoms with E-state index in [0.29, 0.717) is 0 Å². The van der Waals surface area contributed by atoms with E-state index in [0.717, 1.165) is 25.4 Å². The third kappa shape index (κ3) is 5.75. The molecule has 1 unspecified atom stereocenters. The van der Waals surface area contributed by atoms with E-state index in [9.17, 15) is 0 Å². The molecule has 0 spiro atoms. The predicted molar refractivity (Wildman–Crippen MR) is 81.0 cm³/mol. The number of nitrogens with one attached hydrogen (secondary N) is 1. The number of rotatable bonds is 9. The standard InChI is InChI=1S/C14H23NS2/c1-4-6-12(5-2)9-10-15-11-13-7-8-14(16-3)17-13/h4,7-8,12,15H,1,5-6,9-11H2,2-3H3. The Labute approximate surface area is 114 Å². The van der Waals surface area contributed by atoms with Crippen molar-refractivity contribution in [2.45, 2.75) is 36.9 Å². The molecular weight excluding hydrogens is 246 g/mol. The molecule has 0 aromatic carbocycles. The summed E-state index contributed by atoms with van der Waals surface area (Å²) < 4.78 is 1.40. The van der Waals surface area contributed by atoms with Crippen LogP contribution in [0.15, 0.2) is 29.0 Å². The second-order valence-electron chi connectivity index (χ2n) is 4.19. The van der Waals surface area contributed by atoms with Crippen molar-refractivity contribution >= 4 is 23.1 Å². The fraction of sp³-hybridized carbons (Fsp3) is 0.571. The summed E-state index contributed by atoms with van der Waals surface area (Å²) in [6.45, 7) is 8.20. The van der Waals surface area contributed by atoms with Gasteiger partial charge in [0.2, 0.25) is 0 Å². The molecule has 96 valence electrons. The SMILES string of the molecule is C=CCC(CC)CCNCc1ccc(SC)s1. The third-order valence-electron chi connectivity index (χ3n) is 2.94. The Morgan fingerprint density at radius 1 is 1.53 bits per heavy atom. The molecule has 0 saturated carbocycles. The first-order valence-corrected chi connectivity index (χ1v) is 8.28. The van der Waals surface area contributed by atoms with E-state index in [1.54, 1.807) is 0 Å². The van der Waals surface area contributed by atoms with Gasteiger partial charge in [0.25, 0.3) is 0 Å². The largest absolute Gasteiger partial charge is 0.312 e. The second-order valence-corrected chi connectivity index (χ2v) is 6.46. The molecule has 1 N–H and O–H groups in total. The Morgan fingerprint density at radius 3 is 2.94 bits per heavy atom. The molecule has 0 bridgehead atoms. The van der Waals surface area contributed by atoms with Crippen LogP contribution in [0.4, 0.5) is 0 Å². The highest BCUT2D eigenvalue weighted by molar-refractivity contribution is 8.00. The zero-order valence-corrected chi connectivity index (χ0v) is 12.5. The highest BCUT2D eigenvalue weighted by Crippen LogP contribution is 2.24. The first-order valence-electron chi connectivity index (χ1n) is 6.24. The number of hydrogen-bond acceptors (Lipinski definition) is 3. The lowest BCUT2D eigenvalue weighted by molar-refractivity contribution is 0.456. The van der Waals surface area contributed by atoms with Crippen LogP contribution in [0.25, 0.3) is 0 Å². The van der Waals surface area contributed by atoms with Crippen LogP contribution in [0.2, 0.25) is 0 Å². The van der Waals surface area contributed by atoms with Crippen LogP contribution in [0.3, 0.4) is 0 Å². The number of thiophene rings is 1. The normalized spacial score (nSPS) is 12.6. The van der Waals surface area contributed by atoms with Gasteiger partial charge in [-0.15, -0.1) is 29.7 Å². The lowest BCUT2D eigenvalue weighted by atomic mass is 9.99. The summed E-state index contributed by atoms with van der Waals surface area (Å²) in [6, 6.07) is 4.43. The van der Waals surface area contributed by atoms with Crippen molar-refractivity contribution in [3.05, 3.63) is 29.7 Å². The maximum Gasteiger partial charge on any atom is 0.0599 e. The van der Waals surface area contributed by atoms with Gasteiger partial charge in [0, 0.05) is 11.4 Å². The molecule has 0 aliphatic carbocycles. The van der Waals surface area contributed by atoms with E-state index in [4.69, 9.17) is 0 Å². The van der Waals surface area contributed by atoms with Crippen LogP contribution in [0.5, 0.6) is 0 Å². The monoisotopic (exact) mass is 269 g/mol. The summed E-state index contributed by atoms with van der Waals surface area (Å²) in [7, 11) is 0. The van der Waals surface area contributed by atoms with Crippen molar-refractivity contribution in [1.82, 2.24) is 5.32 Å². The average Bonchev–Trinajstić information content (AvgIpc) is 2.81. The van der Waals surface area contributed by atoms with Gasteiger partial charge in [0.05, 0.1) is 4.21 Å². The fourth-order valence-corrected chi connectivity index (χ4v) is 3.37. The molecule has 0 radical (unpaired) electrons. The maximum absolute atomic E-state index is 3.82. The van der Waals surface area contributed by atoms with Gasteiger partial charge in [0.1, 0.15) is 0 Å². The Morgan fingerprint density at radius 2 is 2.35 bits per heavy atom. The summed E-state index contributed by atoms with van der Waals surface area (Å²) in [6.07, 6.45) is 7.82. The van der Waals surface area contributed by atoms with Gasteiger partial charge in [-0.1, -0.05) is 19.4 Å². The van der Waals surface area contributed by atoms with Gasteiger partial charge in [-0.2, -0.15) is 0 Å². The molecule has 0 saturated heterocycles. The van der Waals surface area contributed by atoms with Crippen molar-refractivity contribution in [3.63, 3.8) is 0 Å². The smallest absolute Gasteiger partial charge is 0.0599 e. The molecule has 1 heterocycles. The van der Waals surface area contributed by atoms with Gasteiger partial charge in [-0.3, -0.25) is 0 Å². The molecule has 0 fully saturated rings. The summed E-state index contributed by atoms with van der Waals surface area (Å²) in [4.78, 5) is 1.44. The van der Waals surface area contributed by atoms with E-state index in [-0.39, 0.29) is 0 Å². The van der Waals surface area contributed by atoms with Crippen molar-refractivity contribution in [3.8, 4) is 0 Å². The zero-order valence-electron chi connectivity index (χ0n) is 10.9. The van der Waals surface area contributed by atoms with E-state index in [1.807, 2.05) is 29.2 Å². The first kappa shape index (κ1) is 14.8. The molecular formula is C14H23NS2. The molecule has 3 heteroatoms. The van der Waals surface area contributed by atoms with Gasteiger partial charge in [-0.25, -0.2) is 0 Å². The average molecular weight is 269 g/mol. The Hall–Kier alpha value is -0.250. The minimum absolute atomic E-state index is 0.796. The Bertz CT molecular complexity index is 320. The lowest BCUT2D eigenvalue weighted by Gasteiger charge is -2.12. The molecule has 0 amide bonds. The zero-order chi connectivity index (χ0) is 12.5. The number of allylic oxidation sites excluding steroid dienone is 1. The van der Waals surface area contributed by atoms with E-state index in [1.165, 1.54) is 21.9 Å². The molecule has 1 atom stereocenters. The van der Waals surface area contributed by atoms with Crippen LogP contribution < -0.4 is 5.32 Å². The lowest BCUT2D eigenvalue weighted by Crippen LogP contribution is -2.16. The minimum atomic E-state index is 0.796. The van der Waals surface area contributed by atoms with Crippen molar-refractivity contribution in [2.24, 2.45) is 5.92 Å². The van der Waals surface area contributed by atoms with Gasteiger partial charge in [0.15, 0.2) is 0 Å². The van der Waals surface area contributed by atoms with E-state index < -0.39 is 0 Å². The summed E-state index contributed by atoms with van der Waals surface area (Å²) in [5, 5.41) is 3.53. The van der Waals surface area contributed by atoms with Crippen LogP contribution in [-0.2, 0) is 6.54 Å². The van der Waals surface area contributed by atoms with E-state index in [2.05, 4.69) is 37.2 Å². The Balaban J connectivity index is 2.16. The van der Waals surface area contributed by atoms with E-state index >= 15 is 0 Å². The molecule has 1 rings (SSSR count). The maximum atomic E-state index is 3.82. The molecule has 0 aliphatic rings. The molecule has 0 aliphatic heterocycles. The molecule has 1 nitrogen and oxygen atoms in total. The van der Waals surface area contributed by atoms with Crippen molar-refractivity contribution in [1.29, 1.82) is 0 Å². The summed E-state index contributed by atoms with van der Waals surface area (Å²) >= 11 is 3.72. The molecule has 17 heavy (non-hydrogen) atoms. The van der Waals surface area contributed by atoms with Crippen molar-refractivity contribution in [2.75, 3.05) is 12.8 Å². The van der Waals surface area contributed by atoms with Gasteiger partial charge < -0.3 is 5.32 Å². The highest BCUT2D eigenvalue weighted by Gasteiger charge is 2.04. The van der Waals surface area contributed by atoms with Crippen molar-refractivity contribution < 1.29 is 0 Å². The third-order valence-corrected chi connectivity index (χ3v) is 5.11. The van der Waals surface area contributed by atoms with Gasteiger partial charge in [-0.05, 0) is 43.7 Å². The van der Waals surface area contributed by atoms with Crippen LogP contribution in [-0.4, -0.2) is 12.8 Å². The van der Waals surface area contributed by atoms with Crippen LogP contribution in [0, 0.1) is 5.92 Å². The second kappa shape index (κ2) is 8.78. The topological polar surface area (TPSA) is 12.0 Å². The summed E-state index contributed by atoms with van der Waals surface area (Å²) in [5.41, 5.74) is 0. The fourth-order valence-electron chi connectivity index (χ4n) is 1.81. The number of hydrogen-bond donors (Lipinski definition) is 1. The van der Waals surface area contributed by atoms with Crippen LogP contribution >= 0.6 is 23.1 Å². The number of thioether (sulfide) groups is 1. The Kier molecular flexibility index (Phi) is 7.65. The highest BCUT2D eigenvalue weighted by atomic mass is 32.2. The van der Waals surface area contributed by atoms with Crippen LogP contribution in [0.1, 0.15) is 31.1 Å². The quantitative estimate of drug-likeness (QED) is 0.401. The molecule has 1 aromatic rings. The predicted octanol–water partition coefficient (Wildman–Crippen LogP) is 4.55. The molecule has 1 aromatic heterocycles. The van der Waals surface area contributed by atoms with Gasteiger partial charge >= 0.3 is 0 Å². The minimum Gasteiger partial charge on any atom is -0.312 e. The summed E-state index contributed by atoms with van der Waals surface area (Å²) in [5.74, 6) is 0.796. The first-order chi connectivity index (χ1) is 8.30.